The van der Waals surface area contributed by atoms with Gasteiger partial charge in [0.25, 0.3) is 5.56 Å². The summed E-state index contributed by atoms with van der Waals surface area (Å²) in [5, 5.41) is 16.1. The summed E-state index contributed by atoms with van der Waals surface area (Å²) in [6.45, 7) is 2.65. The van der Waals surface area contributed by atoms with Crippen LogP contribution < -0.4 is 5.56 Å². The van der Waals surface area contributed by atoms with Gasteiger partial charge in [-0.15, -0.1) is 0 Å². The van der Waals surface area contributed by atoms with E-state index in [9.17, 15) is 10.1 Å². The Bertz CT molecular complexity index is 1780. The molecule has 0 radical (unpaired) electrons. The summed E-state index contributed by atoms with van der Waals surface area (Å²) < 4.78 is 3.76. The number of para-hydroxylation sites is 2. The summed E-state index contributed by atoms with van der Waals surface area (Å²) >= 11 is 0. The van der Waals surface area contributed by atoms with Gasteiger partial charge in [0.15, 0.2) is 0 Å². The molecule has 0 N–H and O–H groups in total. The lowest BCUT2D eigenvalue weighted by Crippen LogP contribution is -2.25. The van der Waals surface area contributed by atoms with Crippen molar-refractivity contribution in [1.82, 2.24) is 14.2 Å². The van der Waals surface area contributed by atoms with Gasteiger partial charge in [0.2, 0.25) is 0 Å². The number of aromatic nitrogens is 3. The van der Waals surface area contributed by atoms with Crippen molar-refractivity contribution in [2.45, 2.75) is 51.5 Å². The number of fused-ring (bicyclic) bond motifs is 2. The predicted octanol–water partition coefficient (Wildman–Crippen LogP) is 6.51. The maximum atomic E-state index is 13.7. The number of rotatable bonds is 5. The summed E-state index contributed by atoms with van der Waals surface area (Å²) in [6.07, 6.45) is 7.38. The van der Waals surface area contributed by atoms with Crippen LogP contribution in [0.4, 0.5) is 0 Å². The van der Waals surface area contributed by atoms with Crippen molar-refractivity contribution >= 4 is 28.0 Å². The molecular weight excluding hydrogens is 470 g/mol. The van der Waals surface area contributed by atoms with E-state index in [-0.39, 0.29) is 11.5 Å². The van der Waals surface area contributed by atoms with Crippen molar-refractivity contribution in [2.24, 2.45) is 5.10 Å². The van der Waals surface area contributed by atoms with E-state index in [0.717, 1.165) is 64.7 Å². The third-order valence-electron chi connectivity index (χ3n) is 7.80. The first-order valence-electron chi connectivity index (χ1n) is 13.3. The van der Waals surface area contributed by atoms with Crippen LogP contribution in [0.3, 0.4) is 0 Å². The van der Waals surface area contributed by atoms with E-state index < -0.39 is 0 Å². The molecule has 0 amide bonds. The van der Waals surface area contributed by atoms with E-state index in [2.05, 4.69) is 29.7 Å². The normalized spacial score (nSPS) is 14.4. The molecule has 0 bridgehead atoms. The Labute approximate surface area is 221 Å². The molecule has 0 spiro atoms. The van der Waals surface area contributed by atoms with Gasteiger partial charge in [-0.2, -0.15) is 15.0 Å². The molecule has 0 aliphatic heterocycles. The molecule has 5 aromatic rings. The number of hydrogen-bond donors (Lipinski definition) is 0. The summed E-state index contributed by atoms with van der Waals surface area (Å²) in [5.41, 5.74) is 5.30. The smallest absolute Gasteiger partial charge is 0.282 e. The van der Waals surface area contributed by atoms with Crippen LogP contribution in [0, 0.1) is 18.3 Å². The molecule has 38 heavy (non-hydrogen) atoms. The zero-order valence-electron chi connectivity index (χ0n) is 21.5. The van der Waals surface area contributed by atoms with E-state index >= 15 is 0 Å². The lowest BCUT2D eigenvalue weighted by molar-refractivity contribution is 0.416. The van der Waals surface area contributed by atoms with Gasteiger partial charge < -0.3 is 4.57 Å². The summed E-state index contributed by atoms with van der Waals surface area (Å²) in [4.78, 5) is 18.6. The second kappa shape index (κ2) is 10.1. The Balaban J connectivity index is 1.49. The number of nitrogens with zero attached hydrogens (tertiary/aromatic N) is 5. The molecule has 6 heteroatoms. The van der Waals surface area contributed by atoms with Crippen LogP contribution in [0.5, 0.6) is 0 Å². The molecule has 2 aromatic heterocycles. The topological polar surface area (TPSA) is 76.0 Å². The van der Waals surface area contributed by atoms with Crippen LogP contribution in [0.25, 0.3) is 21.8 Å². The van der Waals surface area contributed by atoms with E-state index in [4.69, 9.17) is 10.1 Å². The number of nitriles is 1. The summed E-state index contributed by atoms with van der Waals surface area (Å²) in [6, 6.07) is 25.8. The van der Waals surface area contributed by atoms with E-state index in [1.165, 1.54) is 11.1 Å². The minimum Gasteiger partial charge on any atom is -0.340 e. The fourth-order valence-electron chi connectivity index (χ4n) is 5.76. The Kier molecular flexibility index (Phi) is 6.35. The first-order valence-corrected chi connectivity index (χ1v) is 13.3. The Hall–Kier alpha value is -4.50. The quantitative estimate of drug-likeness (QED) is 0.259. The molecule has 0 atom stereocenters. The minimum absolute atomic E-state index is 0.128. The van der Waals surface area contributed by atoms with Crippen molar-refractivity contribution in [3.05, 3.63) is 111 Å². The summed E-state index contributed by atoms with van der Waals surface area (Å²) in [5.74, 6) is 0.983. The fourth-order valence-corrected chi connectivity index (χ4v) is 5.76. The molecule has 1 fully saturated rings. The third-order valence-corrected chi connectivity index (χ3v) is 7.80. The lowest BCUT2D eigenvalue weighted by Gasteiger charge is -2.22. The maximum Gasteiger partial charge on any atom is 0.282 e. The lowest BCUT2D eigenvalue weighted by atomic mass is 9.88. The second-order valence-corrected chi connectivity index (χ2v) is 10.1. The van der Waals surface area contributed by atoms with Crippen LogP contribution in [0.2, 0.25) is 0 Å². The molecule has 0 unspecified atom stereocenters. The van der Waals surface area contributed by atoms with Crippen LogP contribution in [-0.2, 0) is 6.54 Å². The van der Waals surface area contributed by atoms with Gasteiger partial charge in [-0.05, 0) is 49.6 Å². The highest BCUT2D eigenvalue weighted by Crippen LogP contribution is 2.32. The van der Waals surface area contributed by atoms with Gasteiger partial charge >= 0.3 is 0 Å². The van der Waals surface area contributed by atoms with Crippen LogP contribution >= 0.6 is 0 Å². The minimum atomic E-state index is -0.128. The van der Waals surface area contributed by atoms with E-state index in [1.54, 1.807) is 0 Å². The molecule has 6 rings (SSSR count). The van der Waals surface area contributed by atoms with Crippen molar-refractivity contribution in [1.29, 1.82) is 5.26 Å². The molecule has 0 saturated heterocycles. The first kappa shape index (κ1) is 23.9. The Morgan fingerprint density at radius 2 is 1.68 bits per heavy atom. The monoisotopic (exact) mass is 499 g/mol. The van der Waals surface area contributed by atoms with Gasteiger partial charge in [0.05, 0.1) is 28.8 Å². The highest BCUT2D eigenvalue weighted by molar-refractivity contribution is 6.01. The molecule has 3 aromatic carbocycles. The third kappa shape index (κ3) is 4.20. The highest BCUT2D eigenvalue weighted by Gasteiger charge is 2.22. The van der Waals surface area contributed by atoms with Crippen molar-refractivity contribution in [2.75, 3.05) is 0 Å². The zero-order valence-corrected chi connectivity index (χ0v) is 21.5. The number of hydrogen-bond acceptors (Lipinski definition) is 4. The van der Waals surface area contributed by atoms with Gasteiger partial charge in [0.1, 0.15) is 5.82 Å². The van der Waals surface area contributed by atoms with Gasteiger partial charge in [0, 0.05) is 34.6 Å². The van der Waals surface area contributed by atoms with Crippen LogP contribution in [0.15, 0.2) is 82.7 Å². The number of benzene rings is 3. The maximum absolute atomic E-state index is 13.7. The highest BCUT2D eigenvalue weighted by atomic mass is 16.1. The van der Waals surface area contributed by atoms with Crippen molar-refractivity contribution in [3.63, 3.8) is 0 Å². The Morgan fingerprint density at radius 3 is 2.50 bits per heavy atom. The van der Waals surface area contributed by atoms with Crippen molar-refractivity contribution in [3.8, 4) is 6.07 Å². The Morgan fingerprint density at radius 1 is 0.974 bits per heavy atom. The molecular formula is C32H29N5O. The van der Waals surface area contributed by atoms with E-state index in [1.807, 2.05) is 66.9 Å². The molecule has 188 valence electrons. The largest absolute Gasteiger partial charge is 0.340 e. The summed E-state index contributed by atoms with van der Waals surface area (Å²) in [7, 11) is 0. The zero-order chi connectivity index (χ0) is 26.1. The fraction of sp³-hybridized carbons (Fsp3) is 0.250. The molecule has 6 nitrogen and oxygen atoms in total. The molecule has 1 aliphatic rings. The van der Waals surface area contributed by atoms with Gasteiger partial charge in [-0.3, -0.25) is 4.79 Å². The van der Waals surface area contributed by atoms with Gasteiger partial charge in [-0.25, -0.2) is 4.98 Å². The molecule has 1 saturated carbocycles. The standard InChI is InChI=1S/C32H29N5O/c1-22-28(26-15-8-10-18-30(26)36(22)21-25-14-6-5-13-24(25)19-33)20-34-37-31(23-11-3-2-4-12-23)35-29-17-9-7-16-27(29)32(37)38/h5-10,13-18,20,23H,2-4,11-12,21H2,1H3. The average Bonchev–Trinajstić information content (AvgIpc) is 3.23. The second-order valence-electron chi connectivity index (χ2n) is 10.1. The SMILES string of the molecule is Cc1c(C=Nn2c(C3CCCCC3)nc3ccccc3c2=O)c2ccccc2n1Cc1ccccc1C#N. The predicted molar refractivity (Wildman–Crippen MR) is 152 cm³/mol. The molecule has 2 heterocycles. The van der Waals surface area contributed by atoms with Crippen LogP contribution in [0.1, 0.15) is 66.2 Å². The van der Waals surface area contributed by atoms with Crippen molar-refractivity contribution < 1.29 is 0 Å². The first-order chi connectivity index (χ1) is 18.7. The van der Waals surface area contributed by atoms with E-state index in [0.29, 0.717) is 17.5 Å². The van der Waals surface area contributed by atoms with Crippen LogP contribution in [-0.4, -0.2) is 20.4 Å². The molecule has 1 aliphatic carbocycles. The van der Waals surface area contributed by atoms with Gasteiger partial charge in [-0.1, -0.05) is 67.8 Å². The average molecular weight is 500 g/mol.